The van der Waals surface area contributed by atoms with Crippen LogP contribution >= 0.6 is 0 Å². The summed E-state index contributed by atoms with van der Waals surface area (Å²) in [6.45, 7) is 0. The average Bonchev–Trinajstić information content (AvgIpc) is 3.17. The summed E-state index contributed by atoms with van der Waals surface area (Å²) >= 11 is 0. The predicted molar refractivity (Wildman–Crippen MR) is 100 cm³/mol. The highest BCUT2D eigenvalue weighted by Gasteiger charge is 2.13. The van der Waals surface area contributed by atoms with Gasteiger partial charge in [0.05, 0.1) is 0 Å². The second-order valence-corrected chi connectivity index (χ2v) is 6.00. The Balaban J connectivity index is 1.62. The fraction of sp³-hybridized carbons (Fsp3) is 0. The van der Waals surface area contributed by atoms with Crippen LogP contribution in [0.3, 0.4) is 0 Å². The molecule has 0 fully saturated rings. The van der Waals surface area contributed by atoms with E-state index >= 15 is 0 Å². The molecule has 118 valence electrons. The van der Waals surface area contributed by atoms with Gasteiger partial charge in [-0.1, -0.05) is 66.7 Å². The highest BCUT2D eigenvalue weighted by atomic mass is 16.4. The van der Waals surface area contributed by atoms with Gasteiger partial charge in [0.15, 0.2) is 0 Å². The quantitative estimate of drug-likeness (QED) is 0.418. The Morgan fingerprint density at radius 3 is 2.20 bits per heavy atom. The van der Waals surface area contributed by atoms with Crippen molar-refractivity contribution in [2.24, 2.45) is 0 Å². The number of hydrogen-bond acceptors (Lipinski definition) is 3. The van der Waals surface area contributed by atoms with Crippen molar-refractivity contribution in [3.8, 4) is 22.9 Å². The maximum absolute atomic E-state index is 5.99. The van der Waals surface area contributed by atoms with Crippen LogP contribution in [0.5, 0.6) is 0 Å². The van der Waals surface area contributed by atoms with Crippen LogP contribution in [-0.2, 0) is 0 Å². The van der Waals surface area contributed by atoms with Gasteiger partial charge in [0.1, 0.15) is 0 Å². The number of hydrogen-bond donors (Lipinski definition) is 0. The normalized spacial score (nSPS) is 11.2. The molecular weight excluding hydrogens is 308 g/mol. The summed E-state index contributed by atoms with van der Waals surface area (Å²) < 4.78 is 5.99. The van der Waals surface area contributed by atoms with Crippen molar-refractivity contribution in [1.29, 1.82) is 0 Å². The van der Waals surface area contributed by atoms with Crippen molar-refractivity contribution in [3.05, 3.63) is 84.9 Å². The SMILES string of the molecule is c1ccc2cc(-c3nnc(-c4cccc5ccccc45)o3)ccc2c1. The lowest BCUT2D eigenvalue weighted by atomic mass is 10.0. The van der Waals surface area contributed by atoms with Crippen LogP contribution in [-0.4, -0.2) is 10.2 Å². The van der Waals surface area contributed by atoms with Crippen LogP contribution in [0, 0.1) is 0 Å². The Morgan fingerprint density at radius 1 is 0.560 bits per heavy atom. The molecule has 0 bridgehead atoms. The van der Waals surface area contributed by atoms with Crippen molar-refractivity contribution in [1.82, 2.24) is 10.2 Å². The summed E-state index contributed by atoms with van der Waals surface area (Å²) in [6, 6.07) is 28.7. The molecule has 0 saturated heterocycles. The smallest absolute Gasteiger partial charge is 0.248 e. The molecule has 0 radical (unpaired) electrons. The third kappa shape index (κ3) is 2.37. The summed E-state index contributed by atoms with van der Waals surface area (Å²) in [5.74, 6) is 1.08. The molecule has 4 aromatic carbocycles. The first-order valence-corrected chi connectivity index (χ1v) is 8.19. The minimum atomic E-state index is 0.536. The van der Waals surface area contributed by atoms with Crippen molar-refractivity contribution in [3.63, 3.8) is 0 Å². The second kappa shape index (κ2) is 5.56. The Kier molecular flexibility index (Phi) is 3.10. The van der Waals surface area contributed by atoms with E-state index in [1.54, 1.807) is 0 Å². The molecule has 5 aromatic rings. The van der Waals surface area contributed by atoms with E-state index in [1.807, 2.05) is 42.5 Å². The highest BCUT2D eigenvalue weighted by molar-refractivity contribution is 5.94. The summed E-state index contributed by atoms with van der Waals surface area (Å²) in [5, 5.41) is 13.2. The van der Waals surface area contributed by atoms with Gasteiger partial charge in [-0.3, -0.25) is 0 Å². The molecule has 0 aliphatic heterocycles. The molecule has 1 heterocycles. The van der Waals surface area contributed by atoms with Gasteiger partial charge in [0.25, 0.3) is 0 Å². The Morgan fingerprint density at radius 2 is 1.28 bits per heavy atom. The topological polar surface area (TPSA) is 38.9 Å². The Bertz CT molecular complexity index is 1200. The molecular formula is C22H14N2O. The van der Waals surface area contributed by atoms with Crippen LogP contribution in [0.15, 0.2) is 89.3 Å². The van der Waals surface area contributed by atoms with Gasteiger partial charge in [0, 0.05) is 11.1 Å². The van der Waals surface area contributed by atoms with Crippen LogP contribution in [0.1, 0.15) is 0 Å². The van der Waals surface area contributed by atoms with E-state index in [4.69, 9.17) is 4.42 Å². The number of fused-ring (bicyclic) bond motifs is 2. The molecule has 0 atom stereocenters. The van der Waals surface area contributed by atoms with E-state index in [0.29, 0.717) is 11.8 Å². The molecule has 3 heteroatoms. The largest absolute Gasteiger partial charge is 0.416 e. The van der Waals surface area contributed by atoms with Gasteiger partial charge in [0.2, 0.25) is 11.8 Å². The number of rotatable bonds is 2. The van der Waals surface area contributed by atoms with Crippen LogP contribution in [0.4, 0.5) is 0 Å². The van der Waals surface area contributed by atoms with Gasteiger partial charge in [-0.05, 0) is 39.7 Å². The van der Waals surface area contributed by atoms with E-state index in [2.05, 4.69) is 52.7 Å². The second-order valence-electron chi connectivity index (χ2n) is 6.00. The fourth-order valence-corrected chi connectivity index (χ4v) is 3.18. The number of aromatic nitrogens is 2. The predicted octanol–water partition coefficient (Wildman–Crippen LogP) is 5.71. The summed E-state index contributed by atoms with van der Waals surface area (Å²) in [6.07, 6.45) is 0. The van der Waals surface area contributed by atoms with Crippen molar-refractivity contribution >= 4 is 21.5 Å². The molecule has 0 amide bonds. The van der Waals surface area contributed by atoms with Crippen molar-refractivity contribution in [2.45, 2.75) is 0 Å². The lowest BCUT2D eigenvalue weighted by Crippen LogP contribution is -1.81. The molecule has 0 aliphatic rings. The van der Waals surface area contributed by atoms with Gasteiger partial charge in [-0.25, -0.2) is 0 Å². The molecule has 5 rings (SSSR count). The third-order valence-electron chi connectivity index (χ3n) is 4.44. The first-order valence-electron chi connectivity index (χ1n) is 8.19. The molecule has 0 spiro atoms. The molecule has 1 aromatic heterocycles. The van der Waals surface area contributed by atoms with E-state index < -0.39 is 0 Å². The lowest BCUT2D eigenvalue weighted by Gasteiger charge is -2.02. The molecule has 25 heavy (non-hydrogen) atoms. The lowest BCUT2D eigenvalue weighted by molar-refractivity contribution is 0.585. The van der Waals surface area contributed by atoms with Gasteiger partial charge >= 0.3 is 0 Å². The first-order chi connectivity index (χ1) is 12.4. The standard InChI is InChI=1S/C22H14N2O/c1-2-8-17-14-18(13-12-15(17)6-1)21-23-24-22(25-21)20-11-5-9-16-7-3-4-10-19(16)20/h1-14H. The fourth-order valence-electron chi connectivity index (χ4n) is 3.18. The zero-order valence-electron chi connectivity index (χ0n) is 13.4. The molecule has 0 saturated carbocycles. The summed E-state index contributed by atoms with van der Waals surface area (Å²) in [7, 11) is 0. The first kappa shape index (κ1) is 13.9. The molecule has 3 nitrogen and oxygen atoms in total. The van der Waals surface area contributed by atoms with Gasteiger partial charge in [-0.15, -0.1) is 10.2 Å². The van der Waals surface area contributed by atoms with Crippen LogP contribution in [0.2, 0.25) is 0 Å². The average molecular weight is 322 g/mol. The van der Waals surface area contributed by atoms with Gasteiger partial charge < -0.3 is 4.42 Å². The number of benzene rings is 4. The Hall–Kier alpha value is -3.46. The van der Waals surface area contributed by atoms with Crippen LogP contribution in [0.25, 0.3) is 44.5 Å². The van der Waals surface area contributed by atoms with Gasteiger partial charge in [-0.2, -0.15) is 0 Å². The zero-order valence-corrected chi connectivity index (χ0v) is 13.4. The van der Waals surface area contributed by atoms with Crippen molar-refractivity contribution < 1.29 is 4.42 Å². The van der Waals surface area contributed by atoms with Crippen molar-refractivity contribution in [2.75, 3.05) is 0 Å². The van der Waals surface area contributed by atoms with Crippen LogP contribution < -0.4 is 0 Å². The maximum Gasteiger partial charge on any atom is 0.248 e. The molecule has 0 unspecified atom stereocenters. The highest BCUT2D eigenvalue weighted by Crippen LogP contribution is 2.30. The van der Waals surface area contributed by atoms with E-state index in [9.17, 15) is 0 Å². The molecule has 0 N–H and O–H groups in total. The van der Waals surface area contributed by atoms with E-state index in [-0.39, 0.29) is 0 Å². The minimum absolute atomic E-state index is 0.536. The minimum Gasteiger partial charge on any atom is -0.416 e. The molecule has 0 aliphatic carbocycles. The monoisotopic (exact) mass is 322 g/mol. The third-order valence-corrected chi connectivity index (χ3v) is 4.44. The van der Waals surface area contributed by atoms with E-state index in [1.165, 1.54) is 5.39 Å². The zero-order chi connectivity index (χ0) is 16.6. The summed E-state index contributed by atoms with van der Waals surface area (Å²) in [5.41, 5.74) is 1.88. The number of nitrogens with zero attached hydrogens (tertiary/aromatic N) is 2. The summed E-state index contributed by atoms with van der Waals surface area (Å²) in [4.78, 5) is 0. The van der Waals surface area contributed by atoms with E-state index in [0.717, 1.165) is 27.3 Å². The Labute approximate surface area is 144 Å². The maximum atomic E-state index is 5.99.